The number of anilines is 2. The van der Waals surface area contributed by atoms with Crippen molar-refractivity contribution in [3.8, 4) is 0 Å². The molecule has 0 saturated carbocycles. The SMILES string of the molecule is Nc1ccc(NC(=O)CC2COC2)cc1Cl. The third-order valence-electron chi connectivity index (χ3n) is 2.47. The molecular formula is C11H13ClN2O2. The van der Waals surface area contributed by atoms with Gasteiger partial charge in [-0.15, -0.1) is 0 Å². The van der Waals surface area contributed by atoms with Gasteiger partial charge in [-0.2, -0.15) is 0 Å². The van der Waals surface area contributed by atoms with Crippen LogP contribution < -0.4 is 11.1 Å². The van der Waals surface area contributed by atoms with Crippen molar-refractivity contribution >= 4 is 28.9 Å². The van der Waals surface area contributed by atoms with Crippen LogP contribution in [0, 0.1) is 5.92 Å². The highest BCUT2D eigenvalue weighted by Gasteiger charge is 2.21. The zero-order valence-electron chi connectivity index (χ0n) is 8.70. The van der Waals surface area contributed by atoms with Crippen molar-refractivity contribution in [2.75, 3.05) is 24.3 Å². The van der Waals surface area contributed by atoms with Gasteiger partial charge in [-0.05, 0) is 18.2 Å². The van der Waals surface area contributed by atoms with Gasteiger partial charge in [0.2, 0.25) is 5.91 Å². The van der Waals surface area contributed by atoms with Crippen LogP contribution in [0.5, 0.6) is 0 Å². The van der Waals surface area contributed by atoms with Crippen molar-refractivity contribution in [2.24, 2.45) is 5.92 Å². The molecule has 2 rings (SSSR count). The van der Waals surface area contributed by atoms with Gasteiger partial charge in [0.1, 0.15) is 0 Å². The van der Waals surface area contributed by atoms with Crippen molar-refractivity contribution < 1.29 is 9.53 Å². The molecule has 1 fully saturated rings. The minimum atomic E-state index is -0.0193. The first kappa shape index (κ1) is 11.2. The zero-order chi connectivity index (χ0) is 11.5. The van der Waals surface area contributed by atoms with Gasteiger partial charge in [-0.25, -0.2) is 0 Å². The van der Waals surface area contributed by atoms with Crippen molar-refractivity contribution in [1.29, 1.82) is 0 Å². The molecule has 0 bridgehead atoms. The Morgan fingerprint density at radius 1 is 1.56 bits per heavy atom. The van der Waals surface area contributed by atoms with Gasteiger partial charge in [0.25, 0.3) is 0 Å². The Bertz CT molecular complexity index is 405. The van der Waals surface area contributed by atoms with E-state index in [0.717, 1.165) is 0 Å². The van der Waals surface area contributed by atoms with Gasteiger partial charge in [0, 0.05) is 18.0 Å². The van der Waals surface area contributed by atoms with Crippen LogP contribution in [0.1, 0.15) is 6.42 Å². The van der Waals surface area contributed by atoms with Crippen LogP contribution in [0.25, 0.3) is 0 Å². The molecule has 0 aromatic heterocycles. The first-order valence-electron chi connectivity index (χ1n) is 5.08. The summed E-state index contributed by atoms with van der Waals surface area (Å²) < 4.78 is 5.00. The Balaban J connectivity index is 1.92. The van der Waals surface area contributed by atoms with Crippen LogP contribution in [0.3, 0.4) is 0 Å². The lowest BCUT2D eigenvalue weighted by atomic mass is 10.0. The zero-order valence-corrected chi connectivity index (χ0v) is 9.46. The van der Waals surface area contributed by atoms with Crippen molar-refractivity contribution in [3.05, 3.63) is 23.2 Å². The van der Waals surface area contributed by atoms with Crippen LogP contribution in [0.4, 0.5) is 11.4 Å². The number of nitrogens with two attached hydrogens (primary N) is 1. The maximum atomic E-state index is 11.6. The summed E-state index contributed by atoms with van der Waals surface area (Å²) >= 11 is 5.85. The quantitative estimate of drug-likeness (QED) is 0.793. The minimum Gasteiger partial charge on any atom is -0.398 e. The van der Waals surface area contributed by atoms with Crippen LogP contribution in [0.15, 0.2) is 18.2 Å². The molecule has 1 aliphatic heterocycles. The lowest BCUT2D eigenvalue weighted by molar-refractivity contribution is -0.121. The van der Waals surface area contributed by atoms with Crippen LogP contribution >= 0.6 is 11.6 Å². The van der Waals surface area contributed by atoms with E-state index in [1.807, 2.05) is 0 Å². The maximum absolute atomic E-state index is 11.6. The van der Waals surface area contributed by atoms with Crippen molar-refractivity contribution in [3.63, 3.8) is 0 Å². The summed E-state index contributed by atoms with van der Waals surface area (Å²) in [5.41, 5.74) is 6.75. The van der Waals surface area contributed by atoms with Gasteiger partial charge < -0.3 is 15.8 Å². The Labute approximate surface area is 98.7 Å². The molecular weight excluding hydrogens is 228 g/mol. The molecule has 16 heavy (non-hydrogen) atoms. The smallest absolute Gasteiger partial charge is 0.224 e. The minimum absolute atomic E-state index is 0.0193. The van der Waals surface area contributed by atoms with Gasteiger partial charge in [-0.3, -0.25) is 4.79 Å². The Kier molecular flexibility index (Phi) is 3.31. The molecule has 4 nitrogen and oxygen atoms in total. The summed E-state index contributed by atoms with van der Waals surface area (Å²) in [5, 5.41) is 3.22. The summed E-state index contributed by atoms with van der Waals surface area (Å²) in [6.45, 7) is 1.35. The van der Waals surface area contributed by atoms with E-state index in [1.165, 1.54) is 0 Å². The Morgan fingerprint density at radius 2 is 2.31 bits per heavy atom. The van der Waals surface area contributed by atoms with Crippen molar-refractivity contribution in [2.45, 2.75) is 6.42 Å². The van der Waals surface area contributed by atoms with E-state index in [4.69, 9.17) is 22.1 Å². The predicted molar refractivity (Wildman–Crippen MR) is 63.4 cm³/mol. The second kappa shape index (κ2) is 4.72. The second-order valence-electron chi connectivity index (χ2n) is 3.89. The summed E-state index contributed by atoms with van der Waals surface area (Å²) in [6.07, 6.45) is 0.488. The molecule has 0 unspecified atom stereocenters. The molecule has 1 heterocycles. The molecule has 1 aliphatic rings. The molecule has 0 atom stereocenters. The second-order valence-corrected chi connectivity index (χ2v) is 4.30. The molecule has 1 saturated heterocycles. The van der Waals surface area contributed by atoms with Gasteiger partial charge in [0.05, 0.1) is 23.9 Å². The van der Waals surface area contributed by atoms with E-state index >= 15 is 0 Å². The fourth-order valence-corrected chi connectivity index (χ4v) is 1.66. The van der Waals surface area contributed by atoms with E-state index in [-0.39, 0.29) is 5.91 Å². The number of hydrogen-bond acceptors (Lipinski definition) is 3. The number of rotatable bonds is 3. The van der Waals surface area contributed by atoms with E-state index in [0.29, 0.717) is 41.9 Å². The van der Waals surface area contributed by atoms with Crippen LogP contribution in [-0.4, -0.2) is 19.1 Å². The number of halogens is 1. The number of carbonyl (C=O) groups is 1. The largest absolute Gasteiger partial charge is 0.398 e. The number of hydrogen-bond donors (Lipinski definition) is 2. The maximum Gasteiger partial charge on any atom is 0.224 e. The third kappa shape index (κ3) is 2.65. The third-order valence-corrected chi connectivity index (χ3v) is 2.79. The van der Waals surface area contributed by atoms with Crippen LogP contribution in [0.2, 0.25) is 5.02 Å². The topological polar surface area (TPSA) is 64.3 Å². The number of amides is 1. The summed E-state index contributed by atoms with van der Waals surface area (Å²) in [4.78, 5) is 11.6. The number of ether oxygens (including phenoxy) is 1. The fraction of sp³-hybridized carbons (Fsp3) is 0.364. The molecule has 0 spiro atoms. The lowest BCUT2D eigenvalue weighted by Gasteiger charge is -2.25. The Morgan fingerprint density at radius 3 is 2.88 bits per heavy atom. The number of nitrogen functional groups attached to an aromatic ring is 1. The highest BCUT2D eigenvalue weighted by Crippen LogP contribution is 2.23. The average Bonchev–Trinajstić information content (AvgIpc) is 2.18. The first-order valence-corrected chi connectivity index (χ1v) is 5.45. The number of carbonyl (C=O) groups excluding carboxylic acids is 1. The summed E-state index contributed by atoms with van der Waals surface area (Å²) in [7, 11) is 0. The highest BCUT2D eigenvalue weighted by atomic mass is 35.5. The monoisotopic (exact) mass is 240 g/mol. The normalized spacial score (nSPS) is 15.6. The number of benzene rings is 1. The first-order chi connectivity index (χ1) is 7.65. The lowest BCUT2D eigenvalue weighted by Crippen LogP contribution is -2.31. The van der Waals surface area contributed by atoms with E-state index in [2.05, 4.69) is 5.32 Å². The van der Waals surface area contributed by atoms with E-state index in [1.54, 1.807) is 18.2 Å². The van der Waals surface area contributed by atoms with E-state index < -0.39 is 0 Å². The van der Waals surface area contributed by atoms with Gasteiger partial charge in [-0.1, -0.05) is 11.6 Å². The molecule has 0 radical (unpaired) electrons. The molecule has 0 aliphatic carbocycles. The Hall–Kier alpha value is -1.26. The molecule has 3 N–H and O–H groups in total. The standard InChI is InChI=1S/C11H13ClN2O2/c12-9-4-8(1-2-10(9)13)14-11(15)3-7-5-16-6-7/h1-2,4,7H,3,5-6,13H2,(H,14,15). The molecule has 1 amide bonds. The molecule has 86 valence electrons. The summed E-state index contributed by atoms with van der Waals surface area (Å²) in [6, 6.07) is 5.05. The molecule has 1 aromatic rings. The van der Waals surface area contributed by atoms with Crippen LogP contribution in [-0.2, 0) is 9.53 Å². The summed E-state index contributed by atoms with van der Waals surface area (Å²) in [5.74, 6) is 0.332. The van der Waals surface area contributed by atoms with E-state index in [9.17, 15) is 4.79 Å². The fourth-order valence-electron chi connectivity index (χ4n) is 1.48. The molecule has 5 heteroatoms. The predicted octanol–water partition coefficient (Wildman–Crippen LogP) is 1.90. The van der Waals surface area contributed by atoms with Gasteiger partial charge >= 0.3 is 0 Å². The highest BCUT2D eigenvalue weighted by molar-refractivity contribution is 6.33. The average molecular weight is 241 g/mol. The van der Waals surface area contributed by atoms with Crippen molar-refractivity contribution in [1.82, 2.24) is 0 Å². The molecule has 1 aromatic carbocycles. The number of nitrogens with one attached hydrogen (secondary N) is 1. The van der Waals surface area contributed by atoms with Gasteiger partial charge in [0.15, 0.2) is 0 Å².